The molecule has 2 N–H and O–H groups in total. The zero-order valence-corrected chi connectivity index (χ0v) is 9.02. The van der Waals surface area contributed by atoms with E-state index in [9.17, 15) is 0 Å². The number of rotatable bonds is 3. The Balaban J connectivity index is 0.00000144. The lowest BCUT2D eigenvalue weighted by atomic mass is 10.3. The summed E-state index contributed by atoms with van der Waals surface area (Å²) in [5.74, 6) is 0.850. The van der Waals surface area contributed by atoms with E-state index in [2.05, 4.69) is 10.1 Å². The van der Waals surface area contributed by atoms with Crippen molar-refractivity contribution in [3.63, 3.8) is 0 Å². The Morgan fingerprint density at radius 2 is 2.08 bits per heavy atom. The molecule has 0 aliphatic rings. The van der Waals surface area contributed by atoms with Crippen LogP contribution in [0.3, 0.4) is 0 Å². The van der Waals surface area contributed by atoms with Crippen molar-refractivity contribution in [1.29, 1.82) is 0 Å². The summed E-state index contributed by atoms with van der Waals surface area (Å²) in [7, 11) is 1.99. The second-order valence-corrected chi connectivity index (χ2v) is 2.88. The average Bonchev–Trinajstić information content (AvgIpc) is 2.32. The summed E-state index contributed by atoms with van der Waals surface area (Å²) in [4.78, 5) is 2.06. The molecule has 13 heavy (non-hydrogen) atoms. The number of aromatic nitrogens is 1. The quantitative estimate of drug-likeness (QED) is 0.803. The molecule has 1 heterocycles. The van der Waals surface area contributed by atoms with Gasteiger partial charge in [-0.05, 0) is 13.8 Å². The molecule has 0 bridgehead atoms. The van der Waals surface area contributed by atoms with Crippen LogP contribution in [0.15, 0.2) is 4.52 Å². The Morgan fingerprint density at radius 1 is 1.46 bits per heavy atom. The lowest BCUT2D eigenvalue weighted by Gasteiger charge is -2.16. The molecule has 0 saturated heterocycles. The van der Waals surface area contributed by atoms with Crippen LogP contribution in [0.4, 0.5) is 5.69 Å². The Hall–Kier alpha value is -0.740. The molecule has 0 spiro atoms. The van der Waals surface area contributed by atoms with Crippen molar-refractivity contribution in [3.8, 4) is 0 Å². The van der Waals surface area contributed by atoms with Crippen molar-refractivity contribution in [2.75, 3.05) is 25.0 Å². The van der Waals surface area contributed by atoms with E-state index in [1.807, 2.05) is 20.9 Å². The van der Waals surface area contributed by atoms with Crippen molar-refractivity contribution in [3.05, 3.63) is 11.5 Å². The molecule has 0 amide bonds. The highest BCUT2D eigenvalue weighted by atomic mass is 35.5. The number of halogens is 1. The van der Waals surface area contributed by atoms with Crippen molar-refractivity contribution in [1.82, 2.24) is 5.16 Å². The van der Waals surface area contributed by atoms with E-state index in [1.165, 1.54) is 0 Å². The number of nitrogens with two attached hydrogens (primary N) is 1. The monoisotopic (exact) mass is 205 g/mol. The SMILES string of the molecule is Cc1noc(C)c1N(C)CCN.Cl. The predicted octanol–water partition coefficient (Wildman–Crippen LogP) is 1.11. The molecule has 0 atom stereocenters. The van der Waals surface area contributed by atoms with Crippen molar-refractivity contribution < 1.29 is 4.52 Å². The summed E-state index contributed by atoms with van der Waals surface area (Å²) in [6.45, 7) is 5.30. The zero-order valence-electron chi connectivity index (χ0n) is 8.20. The van der Waals surface area contributed by atoms with Crippen LogP contribution in [0.1, 0.15) is 11.5 Å². The zero-order chi connectivity index (χ0) is 9.14. The molecule has 0 saturated carbocycles. The van der Waals surface area contributed by atoms with Gasteiger partial charge in [-0.25, -0.2) is 0 Å². The molecule has 0 radical (unpaired) electrons. The molecule has 1 rings (SSSR count). The topological polar surface area (TPSA) is 55.3 Å². The molecule has 1 aromatic heterocycles. The Morgan fingerprint density at radius 3 is 2.46 bits per heavy atom. The van der Waals surface area contributed by atoms with Crippen LogP contribution < -0.4 is 10.6 Å². The number of anilines is 1. The van der Waals surface area contributed by atoms with Gasteiger partial charge < -0.3 is 15.2 Å². The smallest absolute Gasteiger partial charge is 0.157 e. The van der Waals surface area contributed by atoms with Gasteiger partial charge in [0.1, 0.15) is 11.4 Å². The van der Waals surface area contributed by atoms with Gasteiger partial charge in [-0.15, -0.1) is 12.4 Å². The minimum Gasteiger partial charge on any atom is -0.369 e. The summed E-state index contributed by atoms with van der Waals surface area (Å²) >= 11 is 0. The molecule has 4 nitrogen and oxygen atoms in total. The summed E-state index contributed by atoms with van der Waals surface area (Å²) in [6.07, 6.45) is 0. The number of nitrogens with zero attached hydrogens (tertiary/aromatic N) is 2. The fourth-order valence-corrected chi connectivity index (χ4v) is 1.33. The molecule has 5 heteroatoms. The lowest BCUT2D eigenvalue weighted by Crippen LogP contribution is -2.25. The third kappa shape index (κ3) is 2.60. The van der Waals surface area contributed by atoms with Crippen LogP contribution in [0.5, 0.6) is 0 Å². The maximum Gasteiger partial charge on any atom is 0.157 e. The first-order chi connectivity index (χ1) is 5.66. The Bertz CT molecular complexity index is 242. The van der Waals surface area contributed by atoms with E-state index >= 15 is 0 Å². The maximum atomic E-state index is 5.44. The third-order valence-corrected chi connectivity index (χ3v) is 1.84. The first kappa shape index (κ1) is 12.3. The van der Waals surface area contributed by atoms with E-state index in [0.29, 0.717) is 6.54 Å². The Kier molecular flexibility index (Phi) is 4.80. The van der Waals surface area contributed by atoms with Crippen molar-refractivity contribution in [2.45, 2.75) is 13.8 Å². The van der Waals surface area contributed by atoms with E-state index in [0.717, 1.165) is 23.7 Å². The number of aryl methyl sites for hydroxylation is 2. The Labute approximate surface area is 84.5 Å². The van der Waals surface area contributed by atoms with Gasteiger partial charge in [-0.3, -0.25) is 0 Å². The van der Waals surface area contributed by atoms with E-state index in [-0.39, 0.29) is 12.4 Å². The number of hydrogen-bond acceptors (Lipinski definition) is 4. The second-order valence-electron chi connectivity index (χ2n) is 2.88. The average molecular weight is 206 g/mol. The van der Waals surface area contributed by atoms with Gasteiger partial charge >= 0.3 is 0 Å². The van der Waals surface area contributed by atoms with Crippen LogP contribution in [-0.2, 0) is 0 Å². The highest BCUT2D eigenvalue weighted by Crippen LogP contribution is 2.21. The first-order valence-corrected chi connectivity index (χ1v) is 4.01. The van der Waals surface area contributed by atoms with Gasteiger partial charge in [0.15, 0.2) is 5.76 Å². The molecule has 0 aromatic carbocycles. The molecule has 1 aromatic rings. The summed E-state index contributed by atoms with van der Waals surface area (Å²) in [5.41, 5.74) is 7.42. The van der Waals surface area contributed by atoms with Gasteiger partial charge in [-0.1, -0.05) is 5.16 Å². The number of hydrogen-bond donors (Lipinski definition) is 1. The minimum absolute atomic E-state index is 0. The lowest BCUT2D eigenvalue weighted by molar-refractivity contribution is 0.393. The van der Waals surface area contributed by atoms with Crippen LogP contribution in [0.2, 0.25) is 0 Å². The van der Waals surface area contributed by atoms with Crippen LogP contribution in [0, 0.1) is 13.8 Å². The number of likely N-dealkylation sites (N-methyl/N-ethyl adjacent to an activating group) is 1. The molecule has 0 unspecified atom stereocenters. The molecular formula is C8H16ClN3O. The van der Waals surface area contributed by atoms with Crippen molar-refractivity contribution >= 4 is 18.1 Å². The third-order valence-electron chi connectivity index (χ3n) is 1.84. The summed E-state index contributed by atoms with van der Waals surface area (Å²) < 4.78 is 5.03. The van der Waals surface area contributed by atoms with Crippen LogP contribution in [-0.4, -0.2) is 25.3 Å². The van der Waals surface area contributed by atoms with E-state index in [1.54, 1.807) is 0 Å². The minimum atomic E-state index is 0. The van der Waals surface area contributed by atoms with Gasteiger partial charge in [0.2, 0.25) is 0 Å². The molecular weight excluding hydrogens is 190 g/mol. The predicted molar refractivity (Wildman–Crippen MR) is 55.5 cm³/mol. The maximum absolute atomic E-state index is 5.44. The highest BCUT2D eigenvalue weighted by Gasteiger charge is 2.12. The summed E-state index contributed by atoms with van der Waals surface area (Å²) in [5, 5.41) is 3.86. The van der Waals surface area contributed by atoms with E-state index in [4.69, 9.17) is 10.3 Å². The van der Waals surface area contributed by atoms with Crippen LogP contribution >= 0.6 is 12.4 Å². The van der Waals surface area contributed by atoms with Crippen molar-refractivity contribution in [2.24, 2.45) is 5.73 Å². The van der Waals surface area contributed by atoms with Gasteiger partial charge in [0, 0.05) is 20.1 Å². The summed E-state index contributed by atoms with van der Waals surface area (Å²) in [6, 6.07) is 0. The first-order valence-electron chi connectivity index (χ1n) is 4.01. The fraction of sp³-hybridized carbons (Fsp3) is 0.625. The molecule has 0 aliphatic heterocycles. The van der Waals surface area contributed by atoms with Gasteiger partial charge in [-0.2, -0.15) is 0 Å². The van der Waals surface area contributed by atoms with Gasteiger partial charge in [0.25, 0.3) is 0 Å². The fourth-order valence-electron chi connectivity index (χ4n) is 1.33. The standard InChI is InChI=1S/C8H15N3O.ClH/c1-6-8(7(2)12-10-6)11(3)5-4-9;/h4-5,9H2,1-3H3;1H. The van der Waals surface area contributed by atoms with Crippen LogP contribution in [0.25, 0.3) is 0 Å². The van der Waals surface area contributed by atoms with Gasteiger partial charge in [0.05, 0.1) is 0 Å². The highest BCUT2D eigenvalue weighted by molar-refractivity contribution is 5.85. The second kappa shape index (κ2) is 5.09. The largest absolute Gasteiger partial charge is 0.369 e. The van der Waals surface area contributed by atoms with E-state index < -0.39 is 0 Å². The molecule has 0 fully saturated rings. The normalized spacial score (nSPS) is 9.54. The molecule has 76 valence electrons. The molecule has 0 aliphatic carbocycles.